The molecule has 2 atom stereocenters. The Labute approximate surface area is 274 Å². The monoisotopic (exact) mass is 633 g/mol. The van der Waals surface area contributed by atoms with E-state index in [4.69, 9.17) is 14.9 Å². The normalized spacial score (nSPS) is 12.6. The third-order valence-electron chi connectivity index (χ3n) is 7.60. The molecule has 0 saturated carbocycles. The molecule has 0 fully saturated rings. The molecule has 5 N–H and O–H groups in total. The number of H-pyrrole nitrogens is 2. The van der Waals surface area contributed by atoms with Gasteiger partial charge in [-0.15, -0.1) is 0 Å². The van der Waals surface area contributed by atoms with Crippen molar-refractivity contribution in [3.63, 3.8) is 0 Å². The van der Waals surface area contributed by atoms with Crippen LogP contribution in [0.15, 0.2) is 90.3 Å². The van der Waals surface area contributed by atoms with Crippen molar-refractivity contribution in [2.45, 2.75) is 59.2 Å². The fraction of sp³-hybridized carbons (Fsp3) is 0.297. The van der Waals surface area contributed by atoms with Gasteiger partial charge in [-0.2, -0.15) is 0 Å². The number of carbonyl (C=O) groups excluding carboxylic acids is 1. The number of benzene rings is 3. The number of hydrogen-bond donors (Lipinski definition) is 4. The van der Waals surface area contributed by atoms with Crippen molar-refractivity contribution in [1.29, 1.82) is 0 Å². The van der Waals surface area contributed by atoms with Crippen LogP contribution in [0.3, 0.4) is 0 Å². The first-order valence-electron chi connectivity index (χ1n) is 15.9. The van der Waals surface area contributed by atoms with Crippen LogP contribution in [0.4, 0.5) is 4.79 Å². The largest absolute Gasteiger partial charge is 0.445 e. The Morgan fingerprint density at radius 3 is 2.30 bits per heavy atom. The number of nitrogens with zero attached hydrogens (tertiary/aromatic N) is 3. The summed E-state index contributed by atoms with van der Waals surface area (Å²) in [6.07, 6.45) is 6.14. The van der Waals surface area contributed by atoms with E-state index < -0.39 is 6.09 Å². The minimum atomic E-state index is -0.447. The number of aromatic amines is 2. The first-order chi connectivity index (χ1) is 22.7. The average Bonchev–Trinajstić information content (AvgIpc) is 3.83. The smallest absolute Gasteiger partial charge is 0.408 e. The molecule has 244 valence electrons. The van der Waals surface area contributed by atoms with Crippen molar-refractivity contribution in [2.75, 3.05) is 0 Å². The van der Waals surface area contributed by atoms with Gasteiger partial charge in [-0.05, 0) is 66.1 Å². The number of alkyl carbamates (subject to hydrolysis) is 1. The summed E-state index contributed by atoms with van der Waals surface area (Å²) < 4.78 is 10.7. The summed E-state index contributed by atoms with van der Waals surface area (Å²) in [5, 5.41) is 2.95. The number of carbonyl (C=O) groups is 1. The Morgan fingerprint density at radius 2 is 1.62 bits per heavy atom. The van der Waals surface area contributed by atoms with Gasteiger partial charge >= 0.3 is 6.09 Å². The molecule has 6 rings (SSSR count). The highest BCUT2D eigenvalue weighted by molar-refractivity contribution is 5.81. The van der Waals surface area contributed by atoms with Crippen molar-refractivity contribution in [1.82, 2.24) is 30.2 Å². The summed E-state index contributed by atoms with van der Waals surface area (Å²) in [5.41, 5.74) is 12.8. The molecule has 3 aromatic carbocycles. The average molecular weight is 634 g/mol. The van der Waals surface area contributed by atoms with Crippen LogP contribution in [0.1, 0.15) is 75.4 Å². The first-order valence-corrected chi connectivity index (χ1v) is 15.9. The van der Waals surface area contributed by atoms with Gasteiger partial charge in [-0.3, -0.25) is 0 Å². The number of nitrogens with one attached hydrogen (secondary N) is 3. The number of oxazole rings is 1. The van der Waals surface area contributed by atoms with Crippen molar-refractivity contribution in [3.05, 3.63) is 109 Å². The van der Waals surface area contributed by atoms with Crippen molar-refractivity contribution in [3.8, 4) is 11.3 Å². The van der Waals surface area contributed by atoms with Crippen LogP contribution in [0.2, 0.25) is 0 Å². The molecule has 0 radical (unpaired) electrons. The van der Waals surface area contributed by atoms with Crippen LogP contribution < -0.4 is 11.1 Å². The van der Waals surface area contributed by atoms with Crippen LogP contribution in [0.5, 0.6) is 0 Å². The molecule has 3 aromatic heterocycles. The molecule has 0 aliphatic carbocycles. The van der Waals surface area contributed by atoms with Gasteiger partial charge in [0, 0.05) is 5.56 Å². The van der Waals surface area contributed by atoms with Gasteiger partial charge in [0.1, 0.15) is 18.3 Å². The topological polar surface area (TPSA) is 148 Å². The Balaban J connectivity index is 0.000000193. The highest BCUT2D eigenvalue weighted by atomic mass is 16.5. The molecule has 10 heteroatoms. The van der Waals surface area contributed by atoms with E-state index in [1.807, 2.05) is 66.7 Å². The second kappa shape index (κ2) is 15.4. The molecule has 0 unspecified atom stereocenters. The molecule has 3 heterocycles. The Kier molecular flexibility index (Phi) is 10.8. The van der Waals surface area contributed by atoms with Crippen LogP contribution in [0.25, 0.3) is 39.5 Å². The predicted molar refractivity (Wildman–Crippen MR) is 186 cm³/mol. The zero-order valence-electron chi connectivity index (χ0n) is 27.4. The maximum absolute atomic E-state index is 12.3. The minimum Gasteiger partial charge on any atom is -0.445 e. The van der Waals surface area contributed by atoms with Crippen LogP contribution in [-0.2, 0) is 11.3 Å². The summed E-state index contributed by atoms with van der Waals surface area (Å²) in [5.74, 6) is 3.25. The molecule has 0 aliphatic heterocycles. The van der Waals surface area contributed by atoms with Gasteiger partial charge in [-0.1, -0.05) is 76.7 Å². The number of ether oxygens (including phenoxy) is 1. The fourth-order valence-corrected chi connectivity index (χ4v) is 5.29. The van der Waals surface area contributed by atoms with Gasteiger partial charge in [0.2, 0.25) is 0 Å². The van der Waals surface area contributed by atoms with Gasteiger partial charge in [0.15, 0.2) is 12.2 Å². The molecular weight excluding hydrogens is 590 g/mol. The summed E-state index contributed by atoms with van der Waals surface area (Å²) in [6, 6.07) is 21.2. The molecule has 0 bridgehead atoms. The minimum absolute atomic E-state index is 0.0591. The molecule has 0 saturated heterocycles. The summed E-state index contributed by atoms with van der Waals surface area (Å²) in [7, 11) is 0. The lowest BCUT2D eigenvalue weighted by molar-refractivity contribution is 0.134. The number of hydrogen-bond acceptors (Lipinski definition) is 7. The van der Waals surface area contributed by atoms with E-state index >= 15 is 0 Å². The Hall–Kier alpha value is -5.22. The number of amides is 1. The lowest BCUT2D eigenvalue weighted by Crippen LogP contribution is -2.30. The predicted octanol–water partition coefficient (Wildman–Crippen LogP) is 8.48. The zero-order valence-corrected chi connectivity index (χ0v) is 27.4. The maximum Gasteiger partial charge on any atom is 0.408 e. The number of nitrogens with two attached hydrogens (primary N) is 1. The molecule has 0 spiro atoms. The lowest BCUT2D eigenvalue weighted by Gasteiger charge is -2.18. The van der Waals surface area contributed by atoms with E-state index in [1.165, 1.54) is 6.39 Å². The van der Waals surface area contributed by atoms with Gasteiger partial charge in [0.25, 0.3) is 0 Å². The highest BCUT2D eigenvalue weighted by Gasteiger charge is 2.21. The third-order valence-corrected chi connectivity index (χ3v) is 7.60. The van der Waals surface area contributed by atoms with E-state index in [1.54, 1.807) is 12.3 Å². The van der Waals surface area contributed by atoms with E-state index in [0.717, 1.165) is 69.0 Å². The first kappa shape index (κ1) is 33.2. The number of imidazole rings is 2. The fourth-order valence-electron chi connectivity index (χ4n) is 5.29. The number of aromatic nitrogens is 5. The maximum atomic E-state index is 12.3. The summed E-state index contributed by atoms with van der Waals surface area (Å²) >= 11 is 0. The third kappa shape index (κ3) is 8.95. The highest BCUT2D eigenvalue weighted by Crippen LogP contribution is 2.26. The Bertz CT molecular complexity index is 1890. The number of fused-ring (bicyclic) bond motifs is 2. The SMILES string of the molecule is C=Cc1ccc2nc([C@@H](CC(C)C)NC(=O)OCc3ccccc3)[nH]c2c1.CC(C)C[C@@H](N)c1nc2ccc(-c3cnco3)cc2[nH]1. The lowest BCUT2D eigenvalue weighted by atomic mass is 10.0. The Morgan fingerprint density at radius 1 is 0.936 bits per heavy atom. The molecular formula is C37H43N7O3. The van der Waals surface area contributed by atoms with Gasteiger partial charge in [-0.25, -0.2) is 19.7 Å². The molecule has 10 nitrogen and oxygen atoms in total. The van der Waals surface area contributed by atoms with Gasteiger partial charge in [0.05, 0.1) is 40.3 Å². The van der Waals surface area contributed by atoms with E-state index in [9.17, 15) is 4.79 Å². The van der Waals surface area contributed by atoms with Gasteiger partial charge < -0.3 is 30.2 Å². The van der Waals surface area contributed by atoms with E-state index in [-0.39, 0.29) is 18.7 Å². The van der Waals surface area contributed by atoms with Crippen LogP contribution in [-0.4, -0.2) is 31.0 Å². The second-order valence-corrected chi connectivity index (χ2v) is 12.4. The van der Waals surface area contributed by atoms with E-state index in [0.29, 0.717) is 11.8 Å². The van der Waals surface area contributed by atoms with Crippen molar-refractivity contribution in [2.24, 2.45) is 17.6 Å². The number of rotatable bonds is 11. The quantitative estimate of drug-likeness (QED) is 0.112. The van der Waals surface area contributed by atoms with E-state index in [2.05, 4.69) is 64.5 Å². The molecule has 47 heavy (non-hydrogen) atoms. The standard InChI is InChI=1S/C22H25N3O2.C15H18N4O/c1-4-16-10-11-18-19(13-16)24-21(23-18)20(12-15(2)3)25-22(26)27-14-17-8-6-5-7-9-17;1-9(2)5-11(16)15-18-12-4-3-10(6-13(12)19-15)14-7-17-8-20-14/h4-11,13,15,20H,1,12,14H2,2-3H3,(H,23,24)(H,25,26);3-4,6-9,11H,5,16H2,1-2H3,(H,18,19)/t20-;11-/m11/s1. The molecule has 6 aromatic rings. The zero-order chi connectivity index (χ0) is 33.3. The summed E-state index contributed by atoms with van der Waals surface area (Å²) in [4.78, 5) is 32.1. The van der Waals surface area contributed by atoms with Crippen LogP contribution >= 0.6 is 0 Å². The van der Waals surface area contributed by atoms with Crippen molar-refractivity contribution >= 4 is 34.2 Å². The summed E-state index contributed by atoms with van der Waals surface area (Å²) in [6.45, 7) is 12.6. The second-order valence-electron chi connectivity index (χ2n) is 12.4. The van der Waals surface area contributed by atoms with Crippen LogP contribution in [0, 0.1) is 11.8 Å². The van der Waals surface area contributed by atoms with Crippen molar-refractivity contribution < 1.29 is 13.9 Å². The molecule has 1 amide bonds. The molecule has 0 aliphatic rings.